The molecule has 0 aromatic carbocycles. The number of esters is 1. The zero-order chi connectivity index (χ0) is 12.5. The highest BCUT2D eigenvalue weighted by molar-refractivity contribution is 7.17. The van der Waals surface area contributed by atoms with Gasteiger partial charge in [-0.15, -0.1) is 0 Å². The van der Waals surface area contributed by atoms with Crippen LogP contribution in [0.25, 0.3) is 0 Å². The summed E-state index contributed by atoms with van der Waals surface area (Å²) >= 11 is 1.36. The van der Waals surface area contributed by atoms with Gasteiger partial charge in [0.15, 0.2) is 5.13 Å². The second-order valence-electron chi connectivity index (χ2n) is 4.52. The van der Waals surface area contributed by atoms with Crippen molar-refractivity contribution in [3.05, 3.63) is 11.1 Å². The Kier molecular flexibility index (Phi) is 3.35. The van der Waals surface area contributed by atoms with Gasteiger partial charge in [0.2, 0.25) is 0 Å². The number of morpholine rings is 1. The normalized spacial score (nSPS) is 19.1. The van der Waals surface area contributed by atoms with Crippen molar-refractivity contribution in [1.82, 2.24) is 4.98 Å². The Morgan fingerprint density at radius 2 is 2.41 bits per heavy atom. The van der Waals surface area contributed by atoms with Crippen LogP contribution in [0.1, 0.15) is 23.5 Å². The van der Waals surface area contributed by atoms with E-state index in [4.69, 9.17) is 4.74 Å². The van der Waals surface area contributed by atoms with Gasteiger partial charge in [-0.2, -0.15) is 0 Å². The van der Waals surface area contributed by atoms with E-state index in [2.05, 4.69) is 28.5 Å². The summed E-state index contributed by atoms with van der Waals surface area (Å²) in [5.74, 6) is -0.334. The monoisotopic (exact) mass is 256 g/mol. The molecule has 0 unspecified atom stereocenters. The third-order valence-electron chi connectivity index (χ3n) is 2.76. The molecule has 1 aliphatic heterocycles. The highest BCUT2D eigenvalue weighted by Crippen LogP contribution is 2.30. The van der Waals surface area contributed by atoms with E-state index in [1.165, 1.54) is 18.4 Å². The minimum Gasteiger partial charge on any atom is -0.465 e. The average molecular weight is 256 g/mol. The van der Waals surface area contributed by atoms with E-state index in [-0.39, 0.29) is 11.5 Å². The molecule has 1 aromatic rings. The van der Waals surface area contributed by atoms with E-state index < -0.39 is 0 Å². The predicted molar refractivity (Wildman–Crippen MR) is 65.7 cm³/mol. The number of ether oxygens (including phenoxy) is 2. The lowest BCUT2D eigenvalue weighted by molar-refractivity contribution is 0.0606. The van der Waals surface area contributed by atoms with Crippen molar-refractivity contribution < 1.29 is 14.3 Å². The van der Waals surface area contributed by atoms with Crippen molar-refractivity contribution in [2.75, 3.05) is 31.8 Å². The van der Waals surface area contributed by atoms with Crippen molar-refractivity contribution in [2.24, 2.45) is 0 Å². The molecular weight excluding hydrogens is 240 g/mol. The molecule has 0 radical (unpaired) electrons. The molecule has 1 aliphatic rings. The highest BCUT2D eigenvalue weighted by Gasteiger charge is 2.32. The molecule has 0 saturated carbocycles. The Morgan fingerprint density at radius 3 is 3.06 bits per heavy atom. The van der Waals surface area contributed by atoms with E-state index in [1.807, 2.05) is 0 Å². The summed E-state index contributed by atoms with van der Waals surface area (Å²) in [7, 11) is 1.38. The second kappa shape index (κ2) is 4.62. The van der Waals surface area contributed by atoms with Gasteiger partial charge in [-0.3, -0.25) is 0 Å². The van der Waals surface area contributed by atoms with Crippen LogP contribution in [-0.2, 0) is 9.47 Å². The molecule has 0 spiro atoms. The maximum atomic E-state index is 11.4. The number of thiazole rings is 1. The smallest absolute Gasteiger partial charge is 0.349 e. The fourth-order valence-electron chi connectivity index (χ4n) is 1.80. The van der Waals surface area contributed by atoms with Crippen molar-refractivity contribution >= 4 is 22.4 Å². The zero-order valence-corrected chi connectivity index (χ0v) is 11.0. The van der Waals surface area contributed by atoms with Crippen LogP contribution in [0.5, 0.6) is 0 Å². The molecule has 2 rings (SSSR count). The summed E-state index contributed by atoms with van der Waals surface area (Å²) in [6, 6.07) is 0. The maximum Gasteiger partial charge on any atom is 0.349 e. The van der Waals surface area contributed by atoms with Crippen molar-refractivity contribution in [2.45, 2.75) is 19.4 Å². The topological polar surface area (TPSA) is 51.7 Å². The molecule has 0 bridgehead atoms. The third-order valence-corrected chi connectivity index (χ3v) is 3.76. The quantitative estimate of drug-likeness (QED) is 0.751. The van der Waals surface area contributed by atoms with Gasteiger partial charge in [-0.1, -0.05) is 11.3 Å². The summed E-state index contributed by atoms with van der Waals surface area (Å²) in [6.07, 6.45) is 1.57. The number of rotatable bonds is 2. The fraction of sp³-hybridized carbons (Fsp3) is 0.636. The van der Waals surface area contributed by atoms with Gasteiger partial charge in [0.1, 0.15) is 4.88 Å². The average Bonchev–Trinajstić information content (AvgIpc) is 2.76. The Bertz CT molecular complexity index is 417. The fourth-order valence-corrected chi connectivity index (χ4v) is 2.82. The van der Waals surface area contributed by atoms with Crippen LogP contribution in [0, 0.1) is 0 Å². The summed E-state index contributed by atoms with van der Waals surface area (Å²) < 4.78 is 10.1. The van der Waals surface area contributed by atoms with Crippen LogP contribution in [0.4, 0.5) is 5.13 Å². The standard InChI is InChI=1S/C11H16N2O3S/c1-11(2)7-16-5-4-13(11)10-12-6-8(17-10)9(14)15-3/h6H,4-5,7H2,1-3H3. The third kappa shape index (κ3) is 2.42. The van der Waals surface area contributed by atoms with E-state index in [0.29, 0.717) is 18.1 Å². The summed E-state index contributed by atoms with van der Waals surface area (Å²) in [6.45, 7) is 6.36. The summed E-state index contributed by atoms with van der Waals surface area (Å²) in [5, 5.41) is 0.846. The van der Waals surface area contributed by atoms with Crippen molar-refractivity contribution in [3.63, 3.8) is 0 Å². The lowest BCUT2D eigenvalue weighted by atomic mass is 10.0. The van der Waals surface area contributed by atoms with Gasteiger partial charge in [-0.25, -0.2) is 9.78 Å². The number of hydrogen-bond donors (Lipinski definition) is 0. The van der Waals surface area contributed by atoms with Gasteiger partial charge >= 0.3 is 5.97 Å². The Hall–Kier alpha value is -1.14. The van der Waals surface area contributed by atoms with Crippen LogP contribution in [0.2, 0.25) is 0 Å². The number of nitrogens with zero attached hydrogens (tertiary/aromatic N) is 2. The summed E-state index contributed by atoms with van der Waals surface area (Å²) in [5.41, 5.74) is -0.0938. The van der Waals surface area contributed by atoms with Gasteiger partial charge in [0.05, 0.1) is 32.1 Å². The molecule has 5 nitrogen and oxygen atoms in total. The predicted octanol–water partition coefficient (Wildman–Crippen LogP) is 1.54. The maximum absolute atomic E-state index is 11.4. The Balaban J connectivity index is 2.21. The van der Waals surface area contributed by atoms with E-state index in [0.717, 1.165) is 11.7 Å². The SMILES string of the molecule is COC(=O)c1cnc(N2CCOCC2(C)C)s1. The summed E-state index contributed by atoms with van der Waals surface area (Å²) in [4.78, 5) is 18.4. The molecule has 1 aromatic heterocycles. The van der Waals surface area contributed by atoms with E-state index in [1.54, 1.807) is 6.20 Å². The lowest BCUT2D eigenvalue weighted by Crippen LogP contribution is -2.53. The molecule has 1 fully saturated rings. The van der Waals surface area contributed by atoms with Crippen LogP contribution in [-0.4, -0.2) is 43.4 Å². The molecule has 0 aliphatic carbocycles. The van der Waals surface area contributed by atoms with Crippen molar-refractivity contribution in [3.8, 4) is 0 Å². The largest absolute Gasteiger partial charge is 0.465 e. The number of methoxy groups -OCH3 is 1. The van der Waals surface area contributed by atoms with Gasteiger partial charge in [0.25, 0.3) is 0 Å². The molecule has 6 heteroatoms. The first-order chi connectivity index (χ1) is 8.04. The Morgan fingerprint density at radius 1 is 1.65 bits per heavy atom. The molecular formula is C11H16N2O3S. The molecule has 1 saturated heterocycles. The van der Waals surface area contributed by atoms with Crippen LogP contribution in [0.3, 0.4) is 0 Å². The molecule has 17 heavy (non-hydrogen) atoms. The van der Waals surface area contributed by atoms with Gasteiger partial charge < -0.3 is 14.4 Å². The van der Waals surface area contributed by atoms with Crippen LogP contribution < -0.4 is 4.90 Å². The molecule has 94 valence electrons. The number of aromatic nitrogens is 1. The Labute approximate surface area is 104 Å². The first kappa shape index (κ1) is 12.3. The van der Waals surface area contributed by atoms with Gasteiger partial charge in [-0.05, 0) is 13.8 Å². The van der Waals surface area contributed by atoms with Crippen molar-refractivity contribution in [1.29, 1.82) is 0 Å². The number of hydrogen-bond acceptors (Lipinski definition) is 6. The van der Waals surface area contributed by atoms with Crippen LogP contribution >= 0.6 is 11.3 Å². The molecule has 0 atom stereocenters. The lowest BCUT2D eigenvalue weighted by Gasteiger charge is -2.41. The molecule has 0 amide bonds. The van der Waals surface area contributed by atoms with Crippen LogP contribution in [0.15, 0.2) is 6.20 Å². The number of carbonyl (C=O) groups excluding carboxylic acids is 1. The van der Waals surface area contributed by atoms with E-state index >= 15 is 0 Å². The first-order valence-corrected chi connectivity index (χ1v) is 6.26. The molecule has 0 N–H and O–H groups in total. The second-order valence-corrected chi connectivity index (χ2v) is 5.52. The van der Waals surface area contributed by atoms with E-state index in [9.17, 15) is 4.79 Å². The first-order valence-electron chi connectivity index (χ1n) is 5.44. The van der Waals surface area contributed by atoms with Gasteiger partial charge in [0, 0.05) is 6.54 Å². The number of anilines is 1. The zero-order valence-electron chi connectivity index (χ0n) is 10.2. The minimum atomic E-state index is -0.334. The highest BCUT2D eigenvalue weighted by atomic mass is 32.1. The number of carbonyl (C=O) groups is 1. The molecule has 2 heterocycles. The minimum absolute atomic E-state index is 0.0938.